The normalized spacial score (nSPS) is 11.1. The van der Waals surface area contributed by atoms with Crippen molar-refractivity contribution in [1.82, 2.24) is 19.9 Å². The summed E-state index contributed by atoms with van der Waals surface area (Å²) in [5, 5.41) is 9.74. The van der Waals surface area contributed by atoms with Crippen LogP contribution in [0.2, 0.25) is 0 Å². The molecule has 0 atom stereocenters. The fraction of sp³-hybridized carbons (Fsp3) is 0.227. The predicted octanol–water partition coefficient (Wildman–Crippen LogP) is 4.36. The Kier molecular flexibility index (Phi) is 4.96. The zero-order valence-corrected chi connectivity index (χ0v) is 17.0. The van der Waals surface area contributed by atoms with E-state index >= 15 is 0 Å². The molecule has 0 fully saturated rings. The molecule has 2 heterocycles. The SMILES string of the molecule is Cc1ccc(C(=O)NCCc2csc3nc(-c4ccccc4C)nn23)cc1C. The van der Waals surface area contributed by atoms with E-state index in [-0.39, 0.29) is 5.91 Å². The van der Waals surface area contributed by atoms with E-state index in [0.717, 1.165) is 33.2 Å². The van der Waals surface area contributed by atoms with Gasteiger partial charge in [0.2, 0.25) is 4.96 Å². The summed E-state index contributed by atoms with van der Waals surface area (Å²) in [7, 11) is 0. The third kappa shape index (κ3) is 3.55. The number of carbonyl (C=O) groups excluding carboxylic acids is 1. The van der Waals surface area contributed by atoms with Gasteiger partial charge in [-0.25, -0.2) is 4.52 Å². The summed E-state index contributed by atoms with van der Waals surface area (Å²) in [6.45, 7) is 6.68. The molecule has 0 aliphatic heterocycles. The van der Waals surface area contributed by atoms with E-state index in [0.29, 0.717) is 18.5 Å². The van der Waals surface area contributed by atoms with Crippen LogP contribution in [0.25, 0.3) is 16.3 Å². The highest BCUT2D eigenvalue weighted by atomic mass is 32.1. The van der Waals surface area contributed by atoms with Gasteiger partial charge in [0, 0.05) is 29.5 Å². The van der Waals surface area contributed by atoms with Crippen LogP contribution in [0.1, 0.15) is 32.7 Å². The highest BCUT2D eigenvalue weighted by Crippen LogP contribution is 2.23. The number of aromatic nitrogens is 3. The van der Waals surface area contributed by atoms with E-state index in [1.807, 2.05) is 54.8 Å². The number of nitrogens with one attached hydrogen (secondary N) is 1. The van der Waals surface area contributed by atoms with E-state index < -0.39 is 0 Å². The van der Waals surface area contributed by atoms with Crippen LogP contribution in [-0.4, -0.2) is 27.0 Å². The monoisotopic (exact) mass is 390 g/mol. The highest BCUT2D eigenvalue weighted by molar-refractivity contribution is 7.15. The minimum Gasteiger partial charge on any atom is -0.352 e. The summed E-state index contributed by atoms with van der Waals surface area (Å²) in [4.78, 5) is 17.9. The number of hydrogen-bond donors (Lipinski definition) is 1. The third-order valence-electron chi connectivity index (χ3n) is 4.97. The molecule has 5 nitrogen and oxygen atoms in total. The Morgan fingerprint density at radius 1 is 1.07 bits per heavy atom. The van der Waals surface area contributed by atoms with Crippen molar-refractivity contribution >= 4 is 22.2 Å². The maximum atomic E-state index is 12.4. The Labute approximate surface area is 168 Å². The second-order valence-electron chi connectivity index (χ2n) is 6.98. The molecule has 0 spiro atoms. The molecule has 142 valence electrons. The van der Waals surface area contributed by atoms with Gasteiger partial charge in [0.1, 0.15) is 0 Å². The Morgan fingerprint density at radius 2 is 1.89 bits per heavy atom. The number of amides is 1. The maximum Gasteiger partial charge on any atom is 0.251 e. The minimum atomic E-state index is -0.0474. The number of hydrogen-bond acceptors (Lipinski definition) is 4. The Balaban J connectivity index is 1.46. The van der Waals surface area contributed by atoms with Crippen molar-refractivity contribution in [2.75, 3.05) is 6.54 Å². The van der Waals surface area contributed by atoms with Gasteiger partial charge in [-0.1, -0.05) is 30.3 Å². The summed E-state index contributed by atoms with van der Waals surface area (Å²) in [5.41, 5.74) is 6.26. The fourth-order valence-electron chi connectivity index (χ4n) is 3.12. The van der Waals surface area contributed by atoms with Crippen LogP contribution in [0.5, 0.6) is 0 Å². The van der Waals surface area contributed by atoms with E-state index in [4.69, 9.17) is 0 Å². The first-order valence-electron chi connectivity index (χ1n) is 9.27. The number of rotatable bonds is 5. The van der Waals surface area contributed by atoms with Gasteiger partial charge in [0.25, 0.3) is 5.91 Å². The van der Waals surface area contributed by atoms with Gasteiger partial charge in [-0.2, -0.15) is 4.98 Å². The van der Waals surface area contributed by atoms with Crippen LogP contribution < -0.4 is 5.32 Å². The van der Waals surface area contributed by atoms with Crippen molar-refractivity contribution in [3.05, 3.63) is 75.8 Å². The average Bonchev–Trinajstić information content (AvgIpc) is 3.26. The molecule has 1 N–H and O–H groups in total. The molecule has 6 heteroatoms. The summed E-state index contributed by atoms with van der Waals surface area (Å²) >= 11 is 1.57. The molecule has 2 aromatic heterocycles. The topological polar surface area (TPSA) is 59.3 Å². The van der Waals surface area contributed by atoms with Gasteiger partial charge in [0.15, 0.2) is 5.82 Å². The zero-order chi connectivity index (χ0) is 19.7. The van der Waals surface area contributed by atoms with E-state index in [2.05, 4.69) is 33.8 Å². The summed E-state index contributed by atoms with van der Waals surface area (Å²) in [5.74, 6) is 0.694. The Morgan fingerprint density at radius 3 is 2.68 bits per heavy atom. The first kappa shape index (κ1) is 18.4. The van der Waals surface area contributed by atoms with Crippen molar-refractivity contribution in [2.24, 2.45) is 0 Å². The first-order valence-corrected chi connectivity index (χ1v) is 10.2. The number of fused-ring (bicyclic) bond motifs is 1. The number of benzene rings is 2. The largest absolute Gasteiger partial charge is 0.352 e. The van der Waals surface area contributed by atoms with Crippen LogP contribution >= 0.6 is 11.3 Å². The minimum absolute atomic E-state index is 0.0474. The van der Waals surface area contributed by atoms with Gasteiger partial charge in [-0.3, -0.25) is 4.79 Å². The Bertz CT molecular complexity index is 1160. The van der Waals surface area contributed by atoms with E-state index in [9.17, 15) is 4.79 Å². The molecular formula is C22H22N4OS. The van der Waals surface area contributed by atoms with Crippen molar-refractivity contribution in [3.63, 3.8) is 0 Å². The number of carbonyl (C=O) groups is 1. The summed E-state index contributed by atoms with van der Waals surface area (Å²) in [6, 6.07) is 13.9. The van der Waals surface area contributed by atoms with Crippen molar-refractivity contribution in [2.45, 2.75) is 27.2 Å². The maximum absolute atomic E-state index is 12.4. The zero-order valence-electron chi connectivity index (χ0n) is 16.2. The molecule has 0 unspecified atom stereocenters. The average molecular weight is 391 g/mol. The molecule has 0 bridgehead atoms. The molecule has 0 saturated carbocycles. The fourth-order valence-corrected chi connectivity index (χ4v) is 3.98. The number of nitrogens with zero attached hydrogens (tertiary/aromatic N) is 3. The lowest BCUT2D eigenvalue weighted by atomic mass is 10.1. The van der Waals surface area contributed by atoms with Crippen LogP contribution in [0.3, 0.4) is 0 Å². The second kappa shape index (κ2) is 7.56. The van der Waals surface area contributed by atoms with Crippen LogP contribution in [0, 0.1) is 20.8 Å². The molecule has 4 aromatic rings. The van der Waals surface area contributed by atoms with E-state index in [1.54, 1.807) is 11.3 Å². The molecule has 0 aliphatic carbocycles. The van der Waals surface area contributed by atoms with Gasteiger partial charge >= 0.3 is 0 Å². The van der Waals surface area contributed by atoms with Crippen LogP contribution in [0.15, 0.2) is 47.8 Å². The van der Waals surface area contributed by atoms with Crippen molar-refractivity contribution < 1.29 is 4.79 Å². The molecule has 2 aromatic carbocycles. The molecule has 4 rings (SSSR count). The van der Waals surface area contributed by atoms with Crippen molar-refractivity contribution in [3.8, 4) is 11.4 Å². The third-order valence-corrected chi connectivity index (χ3v) is 5.84. The lowest BCUT2D eigenvalue weighted by Crippen LogP contribution is -2.26. The predicted molar refractivity (Wildman–Crippen MR) is 113 cm³/mol. The summed E-state index contributed by atoms with van der Waals surface area (Å²) < 4.78 is 1.88. The quantitative estimate of drug-likeness (QED) is 0.551. The lowest BCUT2D eigenvalue weighted by molar-refractivity contribution is 0.0954. The Hall–Kier alpha value is -2.99. The van der Waals surface area contributed by atoms with Gasteiger partial charge in [-0.05, 0) is 49.6 Å². The first-order chi connectivity index (χ1) is 13.5. The summed E-state index contributed by atoms with van der Waals surface area (Å²) in [6.07, 6.45) is 0.702. The van der Waals surface area contributed by atoms with Crippen LogP contribution in [0.4, 0.5) is 0 Å². The standard InChI is InChI=1S/C22H22N4OS/c1-14-8-9-17(12-16(14)3)21(27)23-11-10-18-13-28-22-24-20(25-26(18)22)19-7-5-4-6-15(19)2/h4-9,12-13H,10-11H2,1-3H3,(H,23,27). The second-order valence-corrected chi connectivity index (χ2v) is 7.81. The molecule has 0 saturated heterocycles. The molecular weight excluding hydrogens is 368 g/mol. The number of thiazole rings is 1. The van der Waals surface area contributed by atoms with Crippen LogP contribution in [-0.2, 0) is 6.42 Å². The van der Waals surface area contributed by atoms with Gasteiger partial charge in [0.05, 0.1) is 5.69 Å². The molecule has 1 amide bonds. The smallest absolute Gasteiger partial charge is 0.251 e. The molecule has 28 heavy (non-hydrogen) atoms. The highest BCUT2D eigenvalue weighted by Gasteiger charge is 2.13. The van der Waals surface area contributed by atoms with E-state index in [1.165, 1.54) is 5.56 Å². The van der Waals surface area contributed by atoms with Gasteiger partial charge < -0.3 is 5.32 Å². The molecule has 0 radical (unpaired) electrons. The van der Waals surface area contributed by atoms with Gasteiger partial charge in [-0.15, -0.1) is 16.4 Å². The lowest BCUT2D eigenvalue weighted by Gasteiger charge is -2.07. The van der Waals surface area contributed by atoms with Crippen molar-refractivity contribution in [1.29, 1.82) is 0 Å². The molecule has 0 aliphatic rings. The number of aryl methyl sites for hydroxylation is 3.